The molecule has 2 rings (SSSR count). The highest BCUT2D eigenvalue weighted by molar-refractivity contribution is 5.38. The van der Waals surface area contributed by atoms with E-state index < -0.39 is 0 Å². The number of nitrogens with one attached hydrogen (secondary N) is 1. The largest absolute Gasteiger partial charge is 0.310 e. The van der Waals surface area contributed by atoms with E-state index in [1.165, 1.54) is 5.56 Å². The molecule has 74 valence electrons. The standard InChI is InChI=1S/C10H14N4/c1-3-11-6-9-12-10-5-4-8(2)7-14(10)13-9/h4-5,7,11H,3,6H2,1-2H3. The van der Waals surface area contributed by atoms with Crippen LogP contribution in [0.5, 0.6) is 0 Å². The van der Waals surface area contributed by atoms with Crippen LogP contribution in [0.4, 0.5) is 0 Å². The minimum absolute atomic E-state index is 0.733. The molecule has 0 spiro atoms. The Morgan fingerprint density at radius 2 is 2.29 bits per heavy atom. The molecule has 1 N–H and O–H groups in total. The Balaban J connectivity index is 2.32. The topological polar surface area (TPSA) is 42.2 Å². The number of rotatable bonds is 3. The Morgan fingerprint density at radius 1 is 1.43 bits per heavy atom. The van der Waals surface area contributed by atoms with Gasteiger partial charge in [-0.2, -0.15) is 0 Å². The summed E-state index contributed by atoms with van der Waals surface area (Å²) in [5, 5.41) is 7.56. The third-order valence-corrected chi connectivity index (χ3v) is 2.06. The number of aromatic nitrogens is 3. The van der Waals surface area contributed by atoms with E-state index in [0.29, 0.717) is 0 Å². The molecule has 2 aromatic rings. The minimum atomic E-state index is 0.733. The van der Waals surface area contributed by atoms with Crippen LogP contribution >= 0.6 is 0 Å². The molecule has 0 amide bonds. The lowest BCUT2D eigenvalue weighted by Gasteiger charge is -1.93. The van der Waals surface area contributed by atoms with Crippen LogP contribution in [0.2, 0.25) is 0 Å². The van der Waals surface area contributed by atoms with Crippen LogP contribution < -0.4 is 5.32 Å². The van der Waals surface area contributed by atoms with Crippen molar-refractivity contribution in [2.75, 3.05) is 6.54 Å². The molecule has 2 heterocycles. The maximum Gasteiger partial charge on any atom is 0.165 e. The molecule has 0 unspecified atom stereocenters. The van der Waals surface area contributed by atoms with Crippen LogP contribution in [-0.4, -0.2) is 21.1 Å². The van der Waals surface area contributed by atoms with Gasteiger partial charge in [0.25, 0.3) is 0 Å². The van der Waals surface area contributed by atoms with Gasteiger partial charge in [0.1, 0.15) is 0 Å². The normalized spacial score (nSPS) is 11.0. The van der Waals surface area contributed by atoms with Crippen molar-refractivity contribution in [1.29, 1.82) is 0 Å². The van der Waals surface area contributed by atoms with Gasteiger partial charge in [-0.25, -0.2) is 9.50 Å². The second-order valence-electron chi connectivity index (χ2n) is 3.32. The summed E-state index contributed by atoms with van der Waals surface area (Å²) in [4.78, 5) is 4.38. The van der Waals surface area contributed by atoms with Crippen molar-refractivity contribution >= 4 is 5.65 Å². The Labute approximate surface area is 83.0 Å². The van der Waals surface area contributed by atoms with Crippen LogP contribution in [0.1, 0.15) is 18.3 Å². The van der Waals surface area contributed by atoms with Crippen molar-refractivity contribution < 1.29 is 0 Å². The molecule has 4 nitrogen and oxygen atoms in total. The molecule has 0 fully saturated rings. The summed E-state index contributed by atoms with van der Waals surface area (Å²) in [5.74, 6) is 0.845. The van der Waals surface area contributed by atoms with Crippen LogP contribution in [-0.2, 0) is 6.54 Å². The van der Waals surface area contributed by atoms with Gasteiger partial charge in [0.15, 0.2) is 11.5 Å². The van der Waals surface area contributed by atoms with E-state index in [0.717, 1.165) is 24.6 Å². The first kappa shape index (κ1) is 9.15. The van der Waals surface area contributed by atoms with Gasteiger partial charge in [0.2, 0.25) is 0 Å². The van der Waals surface area contributed by atoms with E-state index >= 15 is 0 Å². The maximum atomic E-state index is 4.38. The number of nitrogens with zero attached hydrogens (tertiary/aromatic N) is 3. The second-order valence-corrected chi connectivity index (χ2v) is 3.32. The van der Waals surface area contributed by atoms with Crippen LogP contribution in [0.25, 0.3) is 5.65 Å². The predicted octanol–water partition coefficient (Wildman–Crippen LogP) is 1.15. The molecule has 0 radical (unpaired) electrons. The molecule has 0 saturated carbocycles. The van der Waals surface area contributed by atoms with Crippen molar-refractivity contribution in [3.8, 4) is 0 Å². The smallest absolute Gasteiger partial charge is 0.165 e. The number of pyridine rings is 1. The van der Waals surface area contributed by atoms with E-state index in [9.17, 15) is 0 Å². The summed E-state index contributed by atoms with van der Waals surface area (Å²) in [6.45, 7) is 5.79. The van der Waals surface area contributed by atoms with Gasteiger partial charge in [-0.15, -0.1) is 5.10 Å². The predicted molar refractivity (Wildman–Crippen MR) is 55.1 cm³/mol. The third-order valence-electron chi connectivity index (χ3n) is 2.06. The van der Waals surface area contributed by atoms with Crippen molar-refractivity contribution in [1.82, 2.24) is 19.9 Å². The number of aryl methyl sites for hydroxylation is 1. The van der Waals surface area contributed by atoms with Crippen LogP contribution in [0, 0.1) is 6.92 Å². The van der Waals surface area contributed by atoms with E-state index in [1.54, 1.807) is 0 Å². The molecule has 0 atom stereocenters. The summed E-state index contributed by atoms with van der Waals surface area (Å²) < 4.78 is 1.82. The molecule has 0 aromatic carbocycles. The van der Waals surface area contributed by atoms with Gasteiger partial charge in [-0.3, -0.25) is 0 Å². The Hall–Kier alpha value is -1.42. The van der Waals surface area contributed by atoms with E-state index in [4.69, 9.17) is 0 Å². The first-order chi connectivity index (χ1) is 6.79. The van der Waals surface area contributed by atoms with Crippen molar-refractivity contribution in [2.45, 2.75) is 20.4 Å². The molecule has 0 aliphatic heterocycles. The van der Waals surface area contributed by atoms with Gasteiger partial charge in [-0.1, -0.05) is 13.0 Å². The molecule has 14 heavy (non-hydrogen) atoms. The average molecular weight is 190 g/mol. The fraction of sp³-hybridized carbons (Fsp3) is 0.400. The van der Waals surface area contributed by atoms with Gasteiger partial charge < -0.3 is 5.32 Å². The summed E-state index contributed by atoms with van der Waals surface area (Å²) in [6.07, 6.45) is 1.98. The van der Waals surface area contributed by atoms with E-state index in [1.807, 2.05) is 29.8 Å². The van der Waals surface area contributed by atoms with Crippen LogP contribution in [0.15, 0.2) is 18.3 Å². The van der Waals surface area contributed by atoms with Crippen molar-refractivity contribution in [3.05, 3.63) is 29.7 Å². The first-order valence-corrected chi connectivity index (χ1v) is 4.82. The number of hydrogen-bond donors (Lipinski definition) is 1. The molecule has 0 aliphatic rings. The SMILES string of the molecule is CCNCc1nc2ccc(C)cn2n1. The average Bonchev–Trinajstić information content (AvgIpc) is 2.56. The van der Waals surface area contributed by atoms with E-state index in [2.05, 4.69) is 22.3 Å². The molecule has 0 aliphatic carbocycles. The van der Waals surface area contributed by atoms with Crippen LogP contribution in [0.3, 0.4) is 0 Å². The fourth-order valence-electron chi connectivity index (χ4n) is 1.34. The highest BCUT2D eigenvalue weighted by Gasteiger charge is 2.01. The second kappa shape index (κ2) is 3.75. The van der Waals surface area contributed by atoms with E-state index in [-0.39, 0.29) is 0 Å². The highest BCUT2D eigenvalue weighted by Crippen LogP contribution is 2.03. The van der Waals surface area contributed by atoms with Crippen molar-refractivity contribution in [2.24, 2.45) is 0 Å². The first-order valence-electron chi connectivity index (χ1n) is 4.82. The zero-order valence-corrected chi connectivity index (χ0v) is 8.49. The monoisotopic (exact) mass is 190 g/mol. The van der Waals surface area contributed by atoms with Crippen molar-refractivity contribution in [3.63, 3.8) is 0 Å². The minimum Gasteiger partial charge on any atom is -0.310 e. The Kier molecular flexibility index (Phi) is 2.45. The summed E-state index contributed by atoms with van der Waals surface area (Å²) in [6, 6.07) is 4.03. The Morgan fingerprint density at radius 3 is 3.07 bits per heavy atom. The van der Waals surface area contributed by atoms with Gasteiger partial charge in [0, 0.05) is 6.20 Å². The molecule has 4 heteroatoms. The summed E-state index contributed by atoms with van der Waals surface area (Å²) >= 11 is 0. The van der Waals surface area contributed by atoms with Gasteiger partial charge in [-0.05, 0) is 25.1 Å². The quantitative estimate of drug-likeness (QED) is 0.789. The molecular weight excluding hydrogens is 176 g/mol. The maximum absolute atomic E-state index is 4.38. The number of fused-ring (bicyclic) bond motifs is 1. The summed E-state index contributed by atoms with van der Waals surface area (Å²) in [5.41, 5.74) is 2.10. The fourth-order valence-corrected chi connectivity index (χ4v) is 1.34. The molecular formula is C10H14N4. The lowest BCUT2D eigenvalue weighted by molar-refractivity contribution is 0.688. The lowest BCUT2D eigenvalue weighted by atomic mass is 10.3. The lowest BCUT2D eigenvalue weighted by Crippen LogP contribution is -2.12. The number of hydrogen-bond acceptors (Lipinski definition) is 3. The molecule has 0 bridgehead atoms. The zero-order valence-electron chi connectivity index (χ0n) is 8.49. The third kappa shape index (κ3) is 1.75. The molecule has 2 aromatic heterocycles. The Bertz CT molecular complexity index is 433. The van der Waals surface area contributed by atoms with Gasteiger partial charge >= 0.3 is 0 Å². The highest BCUT2D eigenvalue weighted by atomic mass is 15.3. The molecule has 0 saturated heterocycles. The zero-order chi connectivity index (χ0) is 9.97. The summed E-state index contributed by atoms with van der Waals surface area (Å²) in [7, 11) is 0. The van der Waals surface area contributed by atoms with Gasteiger partial charge in [0.05, 0.1) is 6.54 Å².